The summed E-state index contributed by atoms with van der Waals surface area (Å²) in [7, 11) is 0. The number of halogens is 6. The number of nitrogens with two attached hydrogens (primary N) is 1. The number of hydrogen-bond donors (Lipinski definition) is 1. The molecule has 0 aromatic carbocycles. The van der Waals surface area contributed by atoms with E-state index in [4.69, 9.17) is 5.73 Å². The van der Waals surface area contributed by atoms with Crippen LogP contribution in [-0.2, 0) is 9.53 Å². The van der Waals surface area contributed by atoms with E-state index < -0.39 is 36.4 Å². The van der Waals surface area contributed by atoms with E-state index in [0.717, 1.165) is 0 Å². The number of hydrogen-bond acceptors (Lipinski definition) is 3. The van der Waals surface area contributed by atoms with E-state index in [1.165, 1.54) is 13.8 Å². The molecule has 0 amide bonds. The molecular formula is C8H11F6NO2. The standard InChI is InChI=1S/C8H11F6NO2/c1-3(2)4(15)5(7(9,10)11)17-6(16)8(12,13)14/h3-5H,15H2,1-2H3. The van der Waals surface area contributed by atoms with Gasteiger partial charge in [0.1, 0.15) is 0 Å². The summed E-state index contributed by atoms with van der Waals surface area (Å²) >= 11 is 0. The molecule has 0 heterocycles. The van der Waals surface area contributed by atoms with Crippen LogP contribution in [0.1, 0.15) is 13.8 Å². The maximum atomic E-state index is 12.4. The molecule has 9 heteroatoms. The number of ether oxygens (including phenoxy) is 1. The highest BCUT2D eigenvalue weighted by Crippen LogP contribution is 2.29. The van der Waals surface area contributed by atoms with Gasteiger partial charge in [-0.2, -0.15) is 26.3 Å². The van der Waals surface area contributed by atoms with Crippen LogP contribution in [0, 0.1) is 5.92 Å². The summed E-state index contributed by atoms with van der Waals surface area (Å²) in [4.78, 5) is 10.3. The summed E-state index contributed by atoms with van der Waals surface area (Å²) in [6, 6.07) is -1.76. The summed E-state index contributed by atoms with van der Waals surface area (Å²) in [6.45, 7) is 2.54. The Morgan fingerprint density at radius 1 is 1.12 bits per heavy atom. The minimum absolute atomic E-state index is 0.803. The predicted molar refractivity (Wildman–Crippen MR) is 44.8 cm³/mol. The van der Waals surface area contributed by atoms with Crippen molar-refractivity contribution in [1.29, 1.82) is 0 Å². The van der Waals surface area contributed by atoms with E-state index in [1.807, 2.05) is 0 Å². The molecule has 0 saturated heterocycles. The Morgan fingerprint density at radius 2 is 1.53 bits per heavy atom. The molecule has 2 atom stereocenters. The molecule has 0 aromatic heterocycles. The molecule has 2 unspecified atom stereocenters. The molecule has 0 rings (SSSR count). The number of rotatable bonds is 3. The highest BCUT2D eigenvalue weighted by molar-refractivity contribution is 5.75. The predicted octanol–water partition coefficient (Wildman–Crippen LogP) is 2.01. The van der Waals surface area contributed by atoms with Crippen LogP contribution < -0.4 is 5.73 Å². The van der Waals surface area contributed by atoms with Crippen LogP contribution >= 0.6 is 0 Å². The minimum atomic E-state index is -5.49. The van der Waals surface area contributed by atoms with Crippen molar-refractivity contribution in [2.24, 2.45) is 11.7 Å². The Kier molecular flexibility index (Phi) is 4.81. The van der Waals surface area contributed by atoms with Gasteiger partial charge in [0.2, 0.25) is 6.10 Å². The molecule has 0 aromatic rings. The minimum Gasteiger partial charge on any atom is -0.444 e. The van der Waals surface area contributed by atoms with Crippen molar-refractivity contribution in [3.05, 3.63) is 0 Å². The zero-order valence-corrected chi connectivity index (χ0v) is 8.89. The van der Waals surface area contributed by atoms with E-state index in [1.54, 1.807) is 0 Å². The first-order valence-corrected chi connectivity index (χ1v) is 4.47. The first kappa shape index (κ1) is 16.0. The van der Waals surface area contributed by atoms with Gasteiger partial charge in [0.15, 0.2) is 0 Å². The van der Waals surface area contributed by atoms with Gasteiger partial charge in [0, 0.05) is 0 Å². The molecule has 0 saturated carbocycles. The van der Waals surface area contributed by atoms with Gasteiger partial charge < -0.3 is 10.5 Å². The van der Waals surface area contributed by atoms with Crippen molar-refractivity contribution < 1.29 is 35.9 Å². The average molecular weight is 267 g/mol. The monoisotopic (exact) mass is 267 g/mol. The van der Waals surface area contributed by atoms with E-state index >= 15 is 0 Å². The Balaban J connectivity index is 4.93. The molecular weight excluding hydrogens is 256 g/mol. The lowest BCUT2D eigenvalue weighted by Gasteiger charge is -2.28. The third-order valence-electron chi connectivity index (χ3n) is 1.91. The van der Waals surface area contributed by atoms with Crippen LogP contribution in [0.4, 0.5) is 26.3 Å². The second-order valence-corrected chi connectivity index (χ2v) is 3.69. The first-order valence-electron chi connectivity index (χ1n) is 4.47. The lowest BCUT2D eigenvalue weighted by Crippen LogP contribution is -2.51. The molecule has 0 aliphatic rings. The van der Waals surface area contributed by atoms with Crippen molar-refractivity contribution in [3.63, 3.8) is 0 Å². The lowest BCUT2D eigenvalue weighted by atomic mass is 9.99. The highest BCUT2D eigenvalue weighted by Gasteiger charge is 2.52. The van der Waals surface area contributed by atoms with Crippen LogP contribution in [-0.4, -0.2) is 30.5 Å². The van der Waals surface area contributed by atoms with Crippen LogP contribution in [0.5, 0.6) is 0 Å². The highest BCUT2D eigenvalue weighted by atomic mass is 19.4. The number of carbonyl (C=O) groups excluding carboxylic acids is 1. The van der Waals surface area contributed by atoms with E-state index in [2.05, 4.69) is 4.74 Å². The molecule has 3 nitrogen and oxygen atoms in total. The van der Waals surface area contributed by atoms with Gasteiger partial charge in [-0.15, -0.1) is 0 Å². The summed E-state index contributed by atoms with van der Waals surface area (Å²) < 4.78 is 75.8. The van der Waals surface area contributed by atoms with Gasteiger partial charge in [-0.05, 0) is 5.92 Å². The maximum Gasteiger partial charge on any atom is 0.490 e. The van der Waals surface area contributed by atoms with Crippen molar-refractivity contribution >= 4 is 5.97 Å². The van der Waals surface area contributed by atoms with Crippen molar-refractivity contribution in [2.45, 2.75) is 38.3 Å². The van der Waals surface area contributed by atoms with Crippen molar-refractivity contribution in [1.82, 2.24) is 0 Å². The number of carbonyl (C=O) groups is 1. The normalized spacial score (nSPS) is 16.8. The Morgan fingerprint density at radius 3 is 1.76 bits per heavy atom. The van der Waals surface area contributed by atoms with Crippen LogP contribution in [0.15, 0.2) is 0 Å². The average Bonchev–Trinajstić information content (AvgIpc) is 2.08. The fraction of sp³-hybridized carbons (Fsp3) is 0.875. The third kappa shape index (κ3) is 4.80. The van der Waals surface area contributed by atoms with E-state index in [9.17, 15) is 31.1 Å². The molecule has 0 radical (unpaired) electrons. The topological polar surface area (TPSA) is 52.3 Å². The van der Waals surface area contributed by atoms with Crippen LogP contribution in [0.25, 0.3) is 0 Å². The summed E-state index contributed by atoms with van der Waals surface area (Å²) in [5, 5.41) is 0. The molecule has 2 N–H and O–H groups in total. The van der Waals surface area contributed by atoms with Gasteiger partial charge in [0.25, 0.3) is 0 Å². The molecule has 0 bridgehead atoms. The number of esters is 1. The molecule has 0 aliphatic heterocycles. The van der Waals surface area contributed by atoms with Gasteiger partial charge >= 0.3 is 18.3 Å². The van der Waals surface area contributed by atoms with E-state index in [-0.39, 0.29) is 0 Å². The van der Waals surface area contributed by atoms with Crippen LogP contribution in [0.2, 0.25) is 0 Å². The summed E-state index contributed by atoms with van der Waals surface area (Å²) in [5.41, 5.74) is 5.07. The molecule has 102 valence electrons. The van der Waals surface area contributed by atoms with Gasteiger partial charge in [-0.25, -0.2) is 4.79 Å². The number of alkyl halides is 6. The second-order valence-electron chi connectivity index (χ2n) is 3.69. The maximum absolute atomic E-state index is 12.4. The first-order chi connectivity index (χ1) is 7.37. The Labute approximate surface area is 92.9 Å². The van der Waals surface area contributed by atoms with E-state index in [0.29, 0.717) is 0 Å². The second kappa shape index (κ2) is 5.11. The quantitative estimate of drug-likeness (QED) is 0.628. The summed E-state index contributed by atoms with van der Waals surface area (Å²) in [6.07, 6.45) is -13.6. The smallest absolute Gasteiger partial charge is 0.444 e. The van der Waals surface area contributed by atoms with Crippen LogP contribution in [0.3, 0.4) is 0 Å². The summed E-state index contributed by atoms with van der Waals surface area (Å²) in [5.74, 6) is -3.71. The largest absolute Gasteiger partial charge is 0.490 e. The SMILES string of the molecule is CC(C)C(N)C(OC(=O)C(F)(F)F)C(F)(F)F. The zero-order valence-electron chi connectivity index (χ0n) is 8.89. The van der Waals surface area contributed by atoms with Gasteiger partial charge in [-0.3, -0.25) is 0 Å². The van der Waals surface area contributed by atoms with Crippen molar-refractivity contribution in [2.75, 3.05) is 0 Å². The molecule has 0 aliphatic carbocycles. The Bertz CT molecular complexity index is 272. The fourth-order valence-corrected chi connectivity index (χ4v) is 0.895. The van der Waals surface area contributed by atoms with Crippen molar-refractivity contribution in [3.8, 4) is 0 Å². The molecule has 17 heavy (non-hydrogen) atoms. The Hall–Kier alpha value is -0.990. The van der Waals surface area contributed by atoms with Gasteiger partial charge in [0.05, 0.1) is 6.04 Å². The van der Waals surface area contributed by atoms with Gasteiger partial charge in [-0.1, -0.05) is 13.8 Å². The third-order valence-corrected chi connectivity index (χ3v) is 1.91. The molecule has 0 spiro atoms. The zero-order chi connectivity index (χ0) is 14.0. The lowest BCUT2D eigenvalue weighted by molar-refractivity contribution is -0.250. The fourth-order valence-electron chi connectivity index (χ4n) is 0.895. The molecule has 0 fully saturated rings.